The topological polar surface area (TPSA) is 57.6 Å². The second kappa shape index (κ2) is 6.30. The van der Waals surface area contributed by atoms with Crippen LogP contribution in [0.1, 0.15) is 17.2 Å². The molecule has 0 spiro atoms. The summed E-state index contributed by atoms with van der Waals surface area (Å²) in [6.07, 6.45) is 0. The van der Waals surface area contributed by atoms with Gasteiger partial charge in [-0.3, -0.25) is 9.59 Å². The fourth-order valence-electron chi connectivity index (χ4n) is 2.75. The number of benzene rings is 2. The quantitative estimate of drug-likeness (QED) is 0.498. The van der Waals surface area contributed by atoms with Gasteiger partial charge in [-0.05, 0) is 42.0 Å². The highest BCUT2D eigenvalue weighted by Gasteiger charge is 2.44. The number of rotatable bonds is 2. The normalized spacial score (nSPS) is 19.8. The van der Waals surface area contributed by atoms with Gasteiger partial charge in [-0.15, -0.1) is 0 Å². The number of hydrogen-bond donors (Lipinski definition) is 1. The third kappa shape index (κ3) is 2.79. The number of Topliss-reactive ketones (excluding diaryl/α,β-unsaturated/α-hetero) is 1. The molecular formula is C18H13Cl2NO3. The van der Waals surface area contributed by atoms with E-state index in [4.69, 9.17) is 23.2 Å². The second-order valence-electron chi connectivity index (χ2n) is 5.47. The number of ketones is 1. The minimum Gasteiger partial charge on any atom is -0.507 e. The molecule has 0 bridgehead atoms. The van der Waals surface area contributed by atoms with E-state index >= 15 is 0 Å². The molecule has 1 amide bonds. The van der Waals surface area contributed by atoms with Crippen molar-refractivity contribution in [1.82, 2.24) is 4.90 Å². The lowest BCUT2D eigenvalue weighted by Crippen LogP contribution is -2.24. The van der Waals surface area contributed by atoms with Crippen LogP contribution in [-0.4, -0.2) is 28.7 Å². The van der Waals surface area contributed by atoms with E-state index in [1.165, 1.54) is 11.9 Å². The van der Waals surface area contributed by atoms with Crippen LogP contribution in [0, 0.1) is 0 Å². The number of nitrogens with zero attached hydrogens (tertiary/aromatic N) is 1. The third-order valence-electron chi connectivity index (χ3n) is 3.98. The van der Waals surface area contributed by atoms with Gasteiger partial charge >= 0.3 is 0 Å². The van der Waals surface area contributed by atoms with E-state index in [1.54, 1.807) is 48.5 Å². The van der Waals surface area contributed by atoms with Crippen molar-refractivity contribution in [3.8, 4) is 0 Å². The van der Waals surface area contributed by atoms with Crippen LogP contribution in [0.25, 0.3) is 5.76 Å². The average molecular weight is 362 g/mol. The number of aliphatic hydroxyl groups is 1. The molecule has 1 heterocycles. The third-order valence-corrected chi connectivity index (χ3v) is 4.48. The van der Waals surface area contributed by atoms with Gasteiger partial charge in [0.25, 0.3) is 11.7 Å². The number of likely N-dealkylation sites (tertiary alicyclic amines) is 1. The number of amides is 1. The fraction of sp³-hybridized carbons (Fsp3) is 0.111. The van der Waals surface area contributed by atoms with Gasteiger partial charge in [-0.25, -0.2) is 0 Å². The molecule has 6 heteroatoms. The maximum atomic E-state index is 12.4. The summed E-state index contributed by atoms with van der Waals surface area (Å²) >= 11 is 11.8. The van der Waals surface area contributed by atoms with E-state index in [0.29, 0.717) is 21.2 Å². The SMILES string of the molecule is CN1C(=O)C(=O)/C(=C(/O)c2ccc(Cl)cc2)[C@@H]1c1ccc(Cl)cc1. The van der Waals surface area contributed by atoms with Crippen molar-refractivity contribution in [2.45, 2.75) is 6.04 Å². The summed E-state index contributed by atoms with van der Waals surface area (Å²) in [5.74, 6) is -1.61. The highest BCUT2D eigenvalue weighted by atomic mass is 35.5. The van der Waals surface area contributed by atoms with Crippen LogP contribution < -0.4 is 0 Å². The predicted octanol–water partition coefficient (Wildman–Crippen LogP) is 4.04. The maximum Gasteiger partial charge on any atom is 0.295 e. The summed E-state index contributed by atoms with van der Waals surface area (Å²) < 4.78 is 0. The van der Waals surface area contributed by atoms with E-state index < -0.39 is 17.7 Å². The van der Waals surface area contributed by atoms with Gasteiger partial charge in [0.15, 0.2) is 0 Å². The first kappa shape index (κ1) is 16.6. The summed E-state index contributed by atoms with van der Waals surface area (Å²) in [5, 5.41) is 11.7. The van der Waals surface area contributed by atoms with Gasteiger partial charge in [0, 0.05) is 22.7 Å². The first-order chi connectivity index (χ1) is 11.4. The van der Waals surface area contributed by atoms with E-state index in [9.17, 15) is 14.7 Å². The molecule has 2 aromatic carbocycles. The van der Waals surface area contributed by atoms with E-state index in [2.05, 4.69) is 0 Å². The Bertz CT molecular complexity index is 842. The number of hydrogen-bond acceptors (Lipinski definition) is 3. The Kier molecular flexibility index (Phi) is 4.35. The molecule has 3 rings (SSSR count). The number of carbonyl (C=O) groups is 2. The van der Waals surface area contributed by atoms with E-state index in [-0.39, 0.29) is 11.3 Å². The Balaban J connectivity index is 2.16. The molecule has 24 heavy (non-hydrogen) atoms. The zero-order valence-corrected chi connectivity index (χ0v) is 14.2. The smallest absolute Gasteiger partial charge is 0.295 e. The molecule has 0 aromatic heterocycles. The molecular weight excluding hydrogens is 349 g/mol. The highest BCUT2D eigenvalue weighted by Crippen LogP contribution is 2.38. The molecule has 1 aliphatic rings. The van der Waals surface area contributed by atoms with Crippen molar-refractivity contribution in [2.75, 3.05) is 7.05 Å². The number of carbonyl (C=O) groups excluding carboxylic acids is 2. The molecule has 122 valence electrons. The Labute approximate surface area is 148 Å². The van der Waals surface area contributed by atoms with Crippen LogP contribution in [0.3, 0.4) is 0 Å². The predicted molar refractivity (Wildman–Crippen MR) is 93.0 cm³/mol. The largest absolute Gasteiger partial charge is 0.507 e. The second-order valence-corrected chi connectivity index (χ2v) is 6.34. The molecule has 1 N–H and O–H groups in total. The Morgan fingerprint density at radius 3 is 2.00 bits per heavy atom. The molecule has 1 aliphatic heterocycles. The number of aliphatic hydroxyl groups excluding tert-OH is 1. The zero-order chi connectivity index (χ0) is 17.4. The van der Waals surface area contributed by atoms with Crippen molar-refractivity contribution in [2.24, 2.45) is 0 Å². The van der Waals surface area contributed by atoms with Crippen LogP contribution >= 0.6 is 23.2 Å². The van der Waals surface area contributed by atoms with Crippen LogP contribution in [0.2, 0.25) is 10.0 Å². The standard InChI is InChI=1S/C18H13Cl2NO3/c1-21-15(10-2-6-12(19)7-3-10)14(17(23)18(21)24)16(22)11-4-8-13(20)9-5-11/h2-9,15,22H,1H3/b16-14+/t15-/m0/s1. The van der Waals surface area contributed by atoms with Crippen molar-refractivity contribution < 1.29 is 14.7 Å². The van der Waals surface area contributed by atoms with Crippen molar-refractivity contribution in [3.05, 3.63) is 75.3 Å². The van der Waals surface area contributed by atoms with Gasteiger partial charge in [0.2, 0.25) is 0 Å². The monoisotopic (exact) mass is 361 g/mol. The molecule has 0 unspecified atom stereocenters. The summed E-state index contributed by atoms with van der Waals surface area (Å²) in [6, 6.07) is 12.5. The molecule has 1 fully saturated rings. The van der Waals surface area contributed by atoms with E-state index in [1.807, 2.05) is 0 Å². The summed E-state index contributed by atoms with van der Waals surface area (Å²) in [6.45, 7) is 0. The molecule has 0 saturated carbocycles. The average Bonchev–Trinajstić information content (AvgIpc) is 2.80. The molecule has 0 aliphatic carbocycles. The van der Waals surface area contributed by atoms with Gasteiger partial charge < -0.3 is 10.0 Å². The van der Waals surface area contributed by atoms with Gasteiger partial charge in [0.1, 0.15) is 5.76 Å². The summed E-state index contributed by atoms with van der Waals surface area (Å²) in [5.41, 5.74) is 1.16. The van der Waals surface area contributed by atoms with Crippen LogP contribution in [0.15, 0.2) is 54.1 Å². The minimum atomic E-state index is -0.718. The van der Waals surface area contributed by atoms with Crippen molar-refractivity contribution in [1.29, 1.82) is 0 Å². The van der Waals surface area contributed by atoms with Gasteiger partial charge in [-0.2, -0.15) is 0 Å². The number of halogens is 2. The van der Waals surface area contributed by atoms with Gasteiger partial charge in [-0.1, -0.05) is 35.3 Å². The molecule has 1 saturated heterocycles. The molecule has 0 radical (unpaired) electrons. The first-order valence-corrected chi connectivity index (χ1v) is 7.91. The Morgan fingerprint density at radius 1 is 0.958 bits per heavy atom. The highest BCUT2D eigenvalue weighted by molar-refractivity contribution is 6.46. The minimum absolute atomic E-state index is 0.0483. The van der Waals surface area contributed by atoms with Crippen LogP contribution in [0.5, 0.6) is 0 Å². The molecule has 1 atom stereocenters. The Morgan fingerprint density at radius 2 is 1.46 bits per heavy atom. The van der Waals surface area contributed by atoms with Gasteiger partial charge in [0.05, 0.1) is 11.6 Å². The fourth-order valence-corrected chi connectivity index (χ4v) is 3.00. The maximum absolute atomic E-state index is 12.4. The Hall–Kier alpha value is -2.30. The lowest BCUT2D eigenvalue weighted by atomic mass is 9.95. The summed E-state index contributed by atoms with van der Waals surface area (Å²) in [4.78, 5) is 25.8. The molecule has 4 nitrogen and oxygen atoms in total. The zero-order valence-electron chi connectivity index (χ0n) is 12.7. The lowest BCUT2D eigenvalue weighted by molar-refractivity contribution is -0.139. The first-order valence-electron chi connectivity index (χ1n) is 7.16. The summed E-state index contributed by atoms with van der Waals surface area (Å²) in [7, 11) is 1.53. The molecule has 2 aromatic rings. The van der Waals surface area contributed by atoms with Crippen molar-refractivity contribution >= 4 is 40.7 Å². The van der Waals surface area contributed by atoms with Crippen molar-refractivity contribution in [3.63, 3.8) is 0 Å². The van der Waals surface area contributed by atoms with E-state index in [0.717, 1.165) is 0 Å². The number of likely N-dealkylation sites (N-methyl/N-ethyl adjacent to an activating group) is 1. The lowest BCUT2D eigenvalue weighted by Gasteiger charge is -2.21. The van der Waals surface area contributed by atoms with Crippen LogP contribution in [-0.2, 0) is 9.59 Å². The van der Waals surface area contributed by atoms with Crippen LogP contribution in [0.4, 0.5) is 0 Å².